The zero-order chi connectivity index (χ0) is 18.7. The van der Waals surface area contributed by atoms with Crippen LogP contribution < -0.4 is 10.1 Å². The molecule has 140 valence electrons. The van der Waals surface area contributed by atoms with Crippen molar-refractivity contribution in [2.75, 3.05) is 29.7 Å². The number of sulfone groups is 1. The third-order valence-electron chi connectivity index (χ3n) is 4.18. The number of carbonyl (C=O) groups excluding carboxylic acids is 1. The van der Waals surface area contributed by atoms with Gasteiger partial charge in [-0.3, -0.25) is 4.79 Å². The Morgan fingerprint density at radius 1 is 1.38 bits per heavy atom. The van der Waals surface area contributed by atoms with E-state index < -0.39 is 9.84 Å². The lowest BCUT2D eigenvalue weighted by atomic mass is 10.1. The summed E-state index contributed by atoms with van der Waals surface area (Å²) >= 11 is 1.25. The van der Waals surface area contributed by atoms with Gasteiger partial charge in [0.1, 0.15) is 11.6 Å². The highest BCUT2D eigenvalue weighted by atomic mass is 32.2. The maximum absolute atomic E-state index is 12.2. The lowest BCUT2D eigenvalue weighted by Crippen LogP contribution is -2.15. The van der Waals surface area contributed by atoms with Gasteiger partial charge in [-0.25, -0.2) is 8.42 Å². The molecule has 1 N–H and O–H groups in total. The summed E-state index contributed by atoms with van der Waals surface area (Å²) in [4.78, 5) is 12.2. The highest BCUT2D eigenvalue weighted by molar-refractivity contribution is 7.99. The summed E-state index contributed by atoms with van der Waals surface area (Å²) in [6.45, 7) is 0. The first kappa shape index (κ1) is 18.7. The van der Waals surface area contributed by atoms with E-state index in [-0.39, 0.29) is 29.1 Å². The summed E-state index contributed by atoms with van der Waals surface area (Å²) < 4.78 is 30.3. The topological polar surface area (TPSA) is 103 Å². The van der Waals surface area contributed by atoms with Gasteiger partial charge >= 0.3 is 0 Å². The zero-order valence-electron chi connectivity index (χ0n) is 14.5. The first-order valence-corrected chi connectivity index (χ1v) is 10.9. The molecule has 1 unspecified atom stereocenters. The monoisotopic (exact) mass is 396 g/mol. The summed E-state index contributed by atoms with van der Waals surface area (Å²) in [5, 5.41) is 11.6. The van der Waals surface area contributed by atoms with Gasteiger partial charge in [-0.15, -0.1) is 10.2 Å². The lowest BCUT2D eigenvalue weighted by Gasteiger charge is -2.10. The summed E-state index contributed by atoms with van der Waals surface area (Å²) in [6, 6.07) is 7.18. The Morgan fingerprint density at radius 2 is 2.15 bits per heavy atom. The Morgan fingerprint density at radius 3 is 2.85 bits per heavy atom. The van der Waals surface area contributed by atoms with Gasteiger partial charge in [-0.05, 0) is 18.6 Å². The van der Waals surface area contributed by atoms with Crippen LogP contribution in [0.5, 0.6) is 5.75 Å². The first-order chi connectivity index (χ1) is 12.4. The van der Waals surface area contributed by atoms with E-state index in [2.05, 4.69) is 15.5 Å². The molecule has 0 spiro atoms. The minimum Gasteiger partial charge on any atom is -0.495 e. The number of aromatic nitrogens is 3. The van der Waals surface area contributed by atoms with E-state index in [0.717, 1.165) is 0 Å². The Labute approximate surface area is 156 Å². The van der Waals surface area contributed by atoms with Crippen molar-refractivity contribution < 1.29 is 17.9 Å². The van der Waals surface area contributed by atoms with Crippen molar-refractivity contribution >= 4 is 33.2 Å². The van der Waals surface area contributed by atoms with Gasteiger partial charge in [-0.2, -0.15) is 0 Å². The number of benzene rings is 1. The van der Waals surface area contributed by atoms with Crippen molar-refractivity contribution in [2.24, 2.45) is 7.05 Å². The molecule has 1 saturated heterocycles. The fourth-order valence-corrected chi connectivity index (χ4v) is 5.33. The molecule has 2 aromatic rings. The number of methoxy groups -OCH3 is 1. The molecule has 10 heteroatoms. The molecule has 3 rings (SSSR count). The Bertz CT molecular complexity index is 911. The predicted octanol–water partition coefficient (Wildman–Crippen LogP) is 1.46. The predicted molar refractivity (Wildman–Crippen MR) is 99.4 cm³/mol. The van der Waals surface area contributed by atoms with Crippen LogP contribution in [0.15, 0.2) is 29.4 Å². The highest BCUT2D eigenvalue weighted by Crippen LogP contribution is 2.29. The maximum Gasteiger partial charge on any atom is 0.234 e. The quantitative estimate of drug-likeness (QED) is 0.737. The highest BCUT2D eigenvalue weighted by Gasteiger charge is 2.32. The number of para-hydroxylation sites is 2. The van der Waals surface area contributed by atoms with Gasteiger partial charge in [0.15, 0.2) is 15.0 Å². The summed E-state index contributed by atoms with van der Waals surface area (Å²) in [7, 11) is 0.356. The Balaban J connectivity index is 1.61. The van der Waals surface area contributed by atoms with E-state index in [0.29, 0.717) is 28.8 Å². The van der Waals surface area contributed by atoms with Crippen LogP contribution in [0.3, 0.4) is 0 Å². The number of carbonyl (C=O) groups is 1. The minimum absolute atomic E-state index is 0.109. The van der Waals surface area contributed by atoms with Crippen molar-refractivity contribution in [3.8, 4) is 5.75 Å². The normalized spacial score (nSPS) is 18.6. The van der Waals surface area contributed by atoms with Gasteiger partial charge in [0, 0.05) is 13.0 Å². The molecule has 0 bridgehead atoms. The van der Waals surface area contributed by atoms with Gasteiger partial charge in [0.05, 0.1) is 30.1 Å². The van der Waals surface area contributed by atoms with Crippen molar-refractivity contribution in [3.05, 3.63) is 30.1 Å². The lowest BCUT2D eigenvalue weighted by molar-refractivity contribution is -0.113. The van der Waals surface area contributed by atoms with Crippen LogP contribution in [0.1, 0.15) is 18.2 Å². The van der Waals surface area contributed by atoms with Crippen molar-refractivity contribution in [1.29, 1.82) is 0 Å². The average Bonchev–Trinajstić information content (AvgIpc) is 3.15. The van der Waals surface area contributed by atoms with Gasteiger partial charge in [0.2, 0.25) is 5.91 Å². The fourth-order valence-electron chi connectivity index (χ4n) is 2.87. The number of nitrogens with one attached hydrogen (secondary N) is 1. The average molecular weight is 396 g/mol. The molecule has 1 amide bonds. The molecule has 1 aromatic heterocycles. The molecule has 0 aliphatic carbocycles. The van der Waals surface area contributed by atoms with Gasteiger partial charge < -0.3 is 14.6 Å². The second-order valence-corrected chi connectivity index (χ2v) is 9.21. The number of ether oxygens (including phenoxy) is 1. The van der Waals surface area contributed by atoms with E-state index >= 15 is 0 Å². The van der Waals surface area contributed by atoms with Crippen LogP contribution in [-0.2, 0) is 21.7 Å². The van der Waals surface area contributed by atoms with Crippen LogP contribution in [0, 0.1) is 0 Å². The summed E-state index contributed by atoms with van der Waals surface area (Å²) in [5.41, 5.74) is 0.607. The molecular weight excluding hydrogens is 376 g/mol. The number of amides is 1. The molecule has 0 saturated carbocycles. The molecule has 0 radical (unpaired) electrons. The largest absolute Gasteiger partial charge is 0.495 e. The van der Waals surface area contributed by atoms with E-state index in [4.69, 9.17) is 4.74 Å². The third-order valence-corrected chi connectivity index (χ3v) is 6.97. The second kappa shape index (κ2) is 7.67. The van der Waals surface area contributed by atoms with E-state index in [1.165, 1.54) is 11.8 Å². The zero-order valence-corrected chi connectivity index (χ0v) is 16.1. The first-order valence-electron chi connectivity index (χ1n) is 8.05. The van der Waals surface area contributed by atoms with Gasteiger partial charge in [-0.1, -0.05) is 23.9 Å². The van der Waals surface area contributed by atoms with Crippen LogP contribution in [-0.4, -0.2) is 53.5 Å². The fraction of sp³-hybridized carbons (Fsp3) is 0.438. The van der Waals surface area contributed by atoms with Crippen LogP contribution in [0.4, 0.5) is 5.69 Å². The molecule has 1 aromatic carbocycles. The third kappa shape index (κ3) is 4.18. The molecule has 2 heterocycles. The molecule has 1 atom stereocenters. The van der Waals surface area contributed by atoms with Crippen molar-refractivity contribution in [2.45, 2.75) is 17.5 Å². The molecular formula is C16H20N4O4S2. The second-order valence-electron chi connectivity index (χ2n) is 6.04. The van der Waals surface area contributed by atoms with Gasteiger partial charge in [0.25, 0.3) is 0 Å². The number of hydrogen-bond acceptors (Lipinski definition) is 7. The molecule has 1 aliphatic rings. The van der Waals surface area contributed by atoms with Crippen molar-refractivity contribution in [3.63, 3.8) is 0 Å². The van der Waals surface area contributed by atoms with E-state index in [9.17, 15) is 13.2 Å². The van der Waals surface area contributed by atoms with E-state index in [1.807, 2.05) is 12.1 Å². The van der Waals surface area contributed by atoms with Crippen LogP contribution in [0.2, 0.25) is 0 Å². The SMILES string of the molecule is COc1ccccc1NC(=O)CSc1nnc(C2CCS(=O)(=O)C2)n1C. The Hall–Kier alpha value is -2.07. The summed E-state index contributed by atoms with van der Waals surface area (Å²) in [6.07, 6.45) is 0.563. The molecule has 1 aliphatic heterocycles. The van der Waals surface area contributed by atoms with Crippen LogP contribution >= 0.6 is 11.8 Å². The number of nitrogens with zero attached hydrogens (tertiary/aromatic N) is 3. The molecule has 1 fully saturated rings. The van der Waals surface area contributed by atoms with E-state index in [1.54, 1.807) is 30.9 Å². The number of anilines is 1. The smallest absolute Gasteiger partial charge is 0.234 e. The number of hydrogen-bond donors (Lipinski definition) is 1. The Kier molecular flexibility index (Phi) is 5.52. The molecule has 8 nitrogen and oxygen atoms in total. The number of rotatable bonds is 6. The number of thioether (sulfide) groups is 1. The van der Waals surface area contributed by atoms with Crippen molar-refractivity contribution in [1.82, 2.24) is 14.8 Å². The minimum atomic E-state index is -2.98. The summed E-state index contributed by atoms with van der Waals surface area (Å²) in [5.74, 6) is 1.38. The molecule has 26 heavy (non-hydrogen) atoms. The van der Waals surface area contributed by atoms with Crippen LogP contribution in [0.25, 0.3) is 0 Å². The maximum atomic E-state index is 12.2. The standard InChI is InChI=1S/C16H20N4O4S2/c1-20-15(11-7-8-26(22,23)10-11)18-19-16(20)25-9-14(21)17-12-5-3-4-6-13(12)24-2/h3-6,11H,7-10H2,1-2H3,(H,17,21).